The van der Waals surface area contributed by atoms with Crippen LogP contribution in [0.25, 0.3) is 0 Å². The molecule has 2 unspecified atom stereocenters. The highest BCUT2D eigenvalue weighted by molar-refractivity contribution is 6.70. The molecule has 2 N–H and O–H groups in total. The second-order valence-electron chi connectivity index (χ2n) is 5.41. The van der Waals surface area contributed by atoms with Gasteiger partial charge in [0.05, 0.1) is 0 Å². The van der Waals surface area contributed by atoms with Crippen LogP contribution in [0.1, 0.15) is 37.7 Å². The molecule has 0 amide bonds. The summed E-state index contributed by atoms with van der Waals surface area (Å²) in [6.07, 6.45) is 5.85. The predicted octanol–water partition coefficient (Wildman–Crippen LogP) is 2.53. The molecule has 1 saturated carbocycles. The summed E-state index contributed by atoms with van der Waals surface area (Å²) in [5, 5.41) is 0. The van der Waals surface area contributed by atoms with Crippen molar-refractivity contribution in [3.8, 4) is 0 Å². The van der Waals surface area contributed by atoms with Gasteiger partial charge in [-0.2, -0.15) is 0 Å². The Hall–Kier alpha value is -0.985. The predicted molar refractivity (Wildman–Crippen MR) is 71.5 cm³/mol. The number of pyridine rings is 1. The summed E-state index contributed by atoms with van der Waals surface area (Å²) in [4.78, 5) is 4.36. The van der Waals surface area contributed by atoms with Crippen molar-refractivity contribution in [2.45, 2.75) is 45.8 Å². The van der Waals surface area contributed by atoms with Gasteiger partial charge in [-0.25, -0.2) is 4.98 Å². The maximum absolute atomic E-state index is 6.02. The number of nitrogens with zero attached hydrogens (tertiary/aromatic N) is 1. The normalized spacial score (nSPS) is 24.7. The summed E-state index contributed by atoms with van der Waals surface area (Å²) in [7, 11) is 0. The van der Waals surface area contributed by atoms with E-state index in [1.54, 1.807) is 0 Å². The summed E-state index contributed by atoms with van der Waals surface area (Å²) < 4.78 is 0. The first-order valence-corrected chi connectivity index (χ1v) is 6.35. The molecule has 0 saturated heterocycles. The second kappa shape index (κ2) is 4.48. The van der Waals surface area contributed by atoms with Crippen molar-refractivity contribution in [1.82, 2.24) is 4.98 Å². The molecule has 1 aromatic heterocycles. The Morgan fingerprint density at radius 1 is 1.38 bits per heavy atom. The minimum Gasteiger partial charge on any atom is -0.383 e. The Labute approximate surface area is 98.7 Å². The molecule has 1 aliphatic carbocycles. The van der Waals surface area contributed by atoms with Gasteiger partial charge in [0.25, 0.3) is 0 Å². The molecule has 2 rings (SSSR count). The van der Waals surface area contributed by atoms with Gasteiger partial charge in [0, 0.05) is 6.20 Å². The first-order chi connectivity index (χ1) is 7.59. The minimum atomic E-state index is 0.531. The lowest BCUT2D eigenvalue weighted by Crippen LogP contribution is -2.25. The molecular formula is C13H21BN2. The Kier molecular flexibility index (Phi) is 3.22. The fourth-order valence-corrected chi connectivity index (χ4v) is 2.73. The van der Waals surface area contributed by atoms with Crippen LogP contribution < -0.4 is 11.2 Å². The van der Waals surface area contributed by atoms with Crippen LogP contribution in [0.4, 0.5) is 5.82 Å². The van der Waals surface area contributed by atoms with Gasteiger partial charge in [-0.1, -0.05) is 44.9 Å². The van der Waals surface area contributed by atoms with E-state index in [0.29, 0.717) is 12.6 Å². The maximum atomic E-state index is 6.02. The molecule has 1 aliphatic rings. The summed E-state index contributed by atoms with van der Waals surface area (Å²) in [6, 6.07) is 2.28. The monoisotopic (exact) mass is 216 g/mol. The van der Waals surface area contributed by atoms with E-state index in [2.05, 4.69) is 31.6 Å². The van der Waals surface area contributed by atoms with Crippen molar-refractivity contribution >= 4 is 18.0 Å². The number of rotatable bonds is 2. The van der Waals surface area contributed by atoms with Crippen LogP contribution in [0, 0.1) is 5.92 Å². The standard InChI is InChI=1S/C13H21BN2/c1-9-5-4-6-11(9)12-7-10(14(2)3)8-16-13(12)15/h7-9,11H,4-6H2,1-3H3,(H2,15,16). The van der Waals surface area contributed by atoms with Gasteiger partial charge in [-0.15, -0.1) is 0 Å². The van der Waals surface area contributed by atoms with Crippen molar-refractivity contribution in [2.24, 2.45) is 5.92 Å². The lowest BCUT2D eigenvalue weighted by Gasteiger charge is -2.18. The van der Waals surface area contributed by atoms with E-state index in [1.165, 1.54) is 30.3 Å². The molecule has 0 aromatic carbocycles. The highest BCUT2D eigenvalue weighted by Crippen LogP contribution is 2.40. The minimum absolute atomic E-state index is 0.531. The lowest BCUT2D eigenvalue weighted by atomic mass is 9.49. The van der Waals surface area contributed by atoms with E-state index >= 15 is 0 Å². The molecule has 1 aromatic rings. The third kappa shape index (κ3) is 2.09. The molecule has 2 atom stereocenters. The molecule has 0 spiro atoms. The van der Waals surface area contributed by atoms with E-state index in [9.17, 15) is 0 Å². The fraction of sp³-hybridized carbons (Fsp3) is 0.615. The van der Waals surface area contributed by atoms with Crippen LogP contribution >= 0.6 is 0 Å². The molecule has 0 radical (unpaired) electrons. The van der Waals surface area contributed by atoms with Gasteiger partial charge in [-0.3, -0.25) is 0 Å². The van der Waals surface area contributed by atoms with E-state index in [1.807, 2.05) is 6.20 Å². The number of anilines is 1. The third-order valence-corrected chi connectivity index (χ3v) is 3.90. The van der Waals surface area contributed by atoms with Crippen LogP contribution in [0.2, 0.25) is 13.6 Å². The molecule has 3 heteroatoms. The zero-order valence-corrected chi connectivity index (χ0v) is 10.5. The first kappa shape index (κ1) is 11.5. The average molecular weight is 216 g/mol. The highest BCUT2D eigenvalue weighted by atomic mass is 14.8. The number of hydrogen-bond acceptors (Lipinski definition) is 2. The van der Waals surface area contributed by atoms with Crippen molar-refractivity contribution in [3.05, 3.63) is 17.8 Å². The highest BCUT2D eigenvalue weighted by Gasteiger charge is 2.27. The third-order valence-electron chi connectivity index (χ3n) is 3.90. The molecular weight excluding hydrogens is 195 g/mol. The molecule has 16 heavy (non-hydrogen) atoms. The number of aromatic nitrogens is 1. The van der Waals surface area contributed by atoms with Crippen LogP contribution in [-0.2, 0) is 0 Å². The topological polar surface area (TPSA) is 38.9 Å². The number of hydrogen-bond donors (Lipinski definition) is 1. The van der Waals surface area contributed by atoms with Crippen molar-refractivity contribution in [2.75, 3.05) is 5.73 Å². The molecule has 86 valence electrons. The molecule has 2 nitrogen and oxygen atoms in total. The Balaban J connectivity index is 2.35. The summed E-state index contributed by atoms with van der Waals surface area (Å²) in [6.45, 7) is 7.27. The summed E-state index contributed by atoms with van der Waals surface area (Å²) in [5.74, 6) is 2.13. The van der Waals surface area contributed by atoms with Crippen LogP contribution in [0.15, 0.2) is 12.3 Å². The van der Waals surface area contributed by atoms with Crippen molar-refractivity contribution in [1.29, 1.82) is 0 Å². The van der Waals surface area contributed by atoms with Gasteiger partial charge >= 0.3 is 0 Å². The van der Waals surface area contributed by atoms with Crippen LogP contribution in [-0.4, -0.2) is 11.7 Å². The first-order valence-electron chi connectivity index (χ1n) is 6.35. The molecule has 1 fully saturated rings. The maximum Gasteiger partial charge on any atom is 0.171 e. The molecule has 1 heterocycles. The molecule has 0 aliphatic heterocycles. The van der Waals surface area contributed by atoms with Gasteiger partial charge < -0.3 is 5.73 Å². The lowest BCUT2D eigenvalue weighted by molar-refractivity contribution is 0.533. The summed E-state index contributed by atoms with van der Waals surface area (Å²) in [5.41, 5.74) is 8.62. The summed E-state index contributed by atoms with van der Waals surface area (Å²) >= 11 is 0. The van der Waals surface area contributed by atoms with Crippen molar-refractivity contribution in [3.63, 3.8) is 0 Å². The van der Waals surface area contributed by atoms with E-state index in [4.69, 9.17) is 5.73 Å². The Bertz CT molecular complexity index is 376. The van der Waals surface area contributed by atoms with Crippen LogP contribution in [0.3, 0.4) is 0 Å². The zero-order valence-electron chi connectivity index (χ0n) is 10.5. The van der Waals surface area contributed by atoms with Crippen LogP contribution in [0.5, 0.6) is 0 Å². The molecule has 0 bridgehead atoms. The van der Waals surface area contributed by atoms with Gasteiger partial charge in [0.2, 0.25) is 0 Å². The second-order valence-corrected chi connectivity index (χ2v) is 5.41. The number of nitrogen functional groups attached to an aromatic ring is 1. The Morgan fingerprint density at radius 3 is 2.69 bits per heavy atom. The van der Waals surface area contributed by atoms with Crippen molar-refractivity contribution < 1.29 is 0 Å². The fourth-order valence-electron chi connectivity index (χ4n) is 2.73. The average Bonchev–Trinajstić information content (AvgIpc) is 2.65. The zero-order chi connectivity index (χ0) is 11.7. The SMILES string of the molecule is CB(C)c1cnc(N)c(C2CCCC2C)c1. The Morgan fingerprint density at radius 2 is 2.12 bits per heavy atom. The smallest absolute Gasteiger partial charge is 0.171 e. The van der Waals surface area contributed by atoms with E-state index in [-0.39, 0.29) is 0 Å². The van der Waals surface area contributed by atoms with E-state index in [0.717, 1.165) is 11.7 Å². The van der Waals surface area contributed by atoms with E-state index < -0.39 is 0 Å². The van der Waals surface area contributed by atoms with Gasteiger partial charge in [-0.05, 0) is 23.8 Å². The van der Waals surface area contributed by atoms with Gasteiger partial charge in [0.15, 0.2) is 6.71 Å². The number of nitrogens with two attached hydrogens (primary N) is 1. The quantitative estimate of drug-likeness (QED) is 0.771. The van der Waals surface area contributed by atoms with Gasteiger partial charge in [0.1, 0.15) is 5.82 Å². The largest absolute Gasteiger partial charge is 0.383 e.